The highest BCUT2D eigenvalue weighted by atomic mass is 32.2. The average molecular weight is 289 g/mol. The van der Waals surface area contributed by atoms with Crippen LogP contribution in [0.25, 0.3) is 0 Å². The molecule has 1 atom stereocenters. The fraction of sp³-hybridized carbons (Fsp3) is 0.647. The second-order valence-electron chi connectivity index (χ2n) is 7.29. The Morgan fingerprint density at radius 2 is 1.60 bits per heavy atom. The molecule has 1 aromatic rings. The molecule has 108 valence electrons. The number of aryl methyl sites for hydroxylation is 1. The van der Waals surface area contributed by atoms with Gasteiger partial charge in [0.25, 0.3) is 0 Å². The molecular formula is C17H23NOS. The van der Waals surface area contributed by atoms with Crippen LogP contribution in [0.1, 0.15) is 44.1 Å². The maximum absolute atomic E-state index is 13.0. The van der Waals surface area contributed by atoms with Gasteiger partial charge in [-0.3, -0.25) is 0 Å². The summed E-state index contributed by atoms with van der Waals surface area (Å²) in [6, 6.07) is 8.19. The van der Waals surface area contributed by atoms with Crippen LogP contribution < -0.4 is 4.72 Å². The summed E-state index contributed by atoms with van der Waals surface area (Å²) in [5.74, 6) is 2.55. The summed E-state index contributed by atoms with van der Waals surface area (Å²) in [7, 11) is -0.936. The van der Waals surface area contributed by atoms with Crippen LogP contribution in [0.3, 0.4) is 0 Å². The number of hydrogen-bond donors (Lipinski definition) is 1. The van der Waals surface area contributed by atoms with Crippen LogP contribution in [-0.4, -0.2) is 8.96 Å². The quantitative estimate of drug-likeness (QED) is 0.894. The maximum atomic E-state index is 13.0. The first kappa shape index (κ1) is 12.9. The van der Waals surface area contributed by atoms with Gasteiger partial charge < -0.3 is 4.72 Å². The Kier molecular flexibility index (Phi) is 2.95. The van der Waals surface area contributed by atoms with E-state index in [4.69, 9.17) is 0 Å². The molecule has 0 radical (unpaired) electrons. The summed E-state index contributed by atoms with van der Waals surface area (Å²) in [6.07, 6.45) is 7.77. The second kappa shape index (κ2) is 4.59. The Hall–Kier alpha value is -0.830. The first-order chi connectivity index (χ1) is 9.64. The van der Waals surface area contributed by atoms with E-state index in [1.54, 1.807) is 0 Å². The van der Waals surface area contributed by atoms with Crippen molar-refractivity contribution < 1.29 is 4.21 Å². The number of hydrogen-bond acceptors (Lipinski definition) is 1. The van der Waals surface area contributed by atoms with Crippen LogP contribution in [0.2, 0.25) is 0 Å². The van der Waals surface area contributed by atoms with Crippen molar-refractivity contribution in [3.63, 3.8) is 0 Å². The Morgan fingerprint density at radius 1 is 1.05 bits per heavy atom. The average Bonchev–Trinajstić information content (AvgIpc) is 2.40. The number of para-hydroxylation sites is 1. The fourth-order valence-corrected chi connectivity index (χ4v) is 6.96. The van der Waals surface area contributed by atoms with Gasteiger partial charge in [0.05, 0.1) is 4.75 Å². The van der Waals surface area contributed by atoms with Crippen molar-refractivity contribution in [2.75, 3.05) is 4.72 Å². The third kappa shape index (κ3) is 2.02. The van der Waals surface area contributed by atoms with Gasteiger partial charge in [-0.25, -0.2) is 4.21 Å². The SMILES string of the molecule is Cc1ccccc1N[S@@](=O)C12CC3CC(CC(C3)C1)C2. The zero-order valence-corrected chi connectivity index (χ0v) is 12.9. The van der Waals surface area contributed by atoms with Gasteiger partial charge in [-0.2, -0.15) is 0 Å². The first-order valence-electron chi connectivity index (χ1n) is 7.89. The van der Waals surface area contributed by atoms with E-state index in [2.05, 4.69) is 17.7 Å². The third-order valence-electron chi connectivity index (χ3n) is 5.72. The van der Waals surface area contributed by atoms with E-state index in [1.165, 1.54) is 44.1 Å². The summed E-state index contributed by atoms with van der Waals surface area (Å²) >= 11 is 0. The molecule has 4 aliphatic rings. The smallest absolute Gasteiger partial charge is 0.123 e. The number of benzene rings is 1. The molecule has 0 saturated heterocycles. The normalized spacial score (nSPS) is 39.8. The second-order valence-corrected chi connectivity index (χ2v) is 8.89. The lowest BCUT2D eigenvalue weighted by atomic mass is 9.56. The van der Waals surface area contributed by atoms with Gasteiger partial charge in [-0.1, -0.05) is 18.2 Å². The fourth-order valence-electron chi connectivity index (χ4n) is 5.15. The topological polar surface area (TPSA) is 29.1 Å². The Labute approximate surface area is 123 Å². The molecule has 20 heavy (non-hydrogen) atoms. The maximum Gasteiger partial charge on any atom is 0.123 e. The lowest BCUT2D eigenvalue weighted by Crippen LogP contribution is -2.54. The Bertz CT molecular complexity index is 518. The molecule has 4 saturated carbocycles. The predicted octanol–water partition coefficient (Wildman–Crippen LogP) is 4.04. The van der Waals surface area contributed by atoms with E-state index in [0.717, 1.165) is 23.4 Å². The molecule has 0 heterocycles. The zero-order valence-electron chi connectivity index (χ0n) is 12.1. The van der Waals surface area contributed by atoms with E-state index >= 15 is 0 Å². The van der Waals surface area contributed by atoms with E-state index in [-0.39, 0.29) is 4.75 Å². The van der Waals surface area contributed by atoms with Crippen molar-refractivity contribution in [1.82, 2.24) is 0 Å². The highest BCUT2D eigenvalue weighted by Crippen LogP contribution is 2.57. The molecule has 3 heteroatoms. The van der Waals surface area contributed by atoms with Crippen LogP contribution >= 0.6 is 0 Å². The minimum Gasteiger partial charge on any atom is -0.304 e. The van der Waals surface area contributed by atoms with E-state index in [0.29, 0.717) is 0 Å². The zero-order chi connectivity index (χ0) is 13.7. The van der Waals surface area contributed by atoms with Crippen molar-refractivity contribution in [3.8, 4) is 0 Å². The Balaban J connectivity index is 1.58. The summed E-state index contributed by atoms with van der Waals surface area (Å²) < 4.78 is 16.4. The minimum atomic E-state index is -0.936. The van der Waals surface area contributed by atoms with Gasteiger partial charge in [0.15, 0.2) is 0 Å². The van der Waals surface area contributed by atoms with Gasteiger partial charge in [0.2, 0.25) is 0 Å². The van der Waals surface area contributed by atoms with Gasteiger partial charge in [0.1, 0.15) is 11.0 Å². The van der Waals surface area contributed by atoms with Crippen LogP contribution in [0.5, 0.6) is 0 Å². The van der Waals surface area contributed by atoms with E-state index in [1.807, 2.05) is 18.2 Å². The minimum absolute atomic E-state index is 0.0665. The highest BCUT2D eigenvalue weighted by Gasteiger charge is 2.54. The summed E-state index contributed by atoms with van der Waals surface area (Å²) in [5, 5.41) is 0. The molecule has 4 aliphatic carbocycles. The van der Waals surface area contributed by atoms with Gasteiger partial charge in [0, 0.05) is 5.69 Å². The predicted molar refractivity (Wildman–Crippen MR) is 83.8 cm³/mol. The third-order valence-corrected chi connectivity index (χ3v) is 7.41. The van der Waals surface area contributed by atoms with Crippen molar-refractivity contribution in [3.05, 3.63) is 29.8 Å². The molecule has 0 unspecified atom stereocenters. The first-order valence-corrected chi connectivity index (χ1v) is 9.04. The summed E-state index contributed by atoms with van der Waals surface area (Å²) in [5.41, 5.74) is 2.23. The molecule has 1 aromatic carbocycles. The standard InChI is InChI=1S/C17H23NOS/c1-12-4-2-3-5-16(12)18-20(19)17-9-13-6-14(10-17)8-15(7-13)11-17/h2-5,13-15,18H,6-11H2,1H3/t13?,14?,15?,17?,20-/m0/s1. The molecule has 2 nitrogen and oxygen atoms in total. The van der Waals surface area contributed by atoms with Gasteiger partial charge in [-0.05, 0) is 74.8 Å². The molecule has 0 aliphatic heterocycles. The number of nitrogens with one attached hydrogen (secondary N) is 1. The van der Waals surface area contributed by atoms with Crippen LogP contribution in [0, 0.1) is 24.7 Å². The largest absolute Gasteiger partial charge is 0.304 e. The van der Waals surface area contributed by atoms with Gasteiger partial charge in [-0.15, -0.1) is 0 Å². The monoisotopic (exact) mass is 289 g/mol. The number of rotatable bonds is 3. The number of anilines is 1. The van der Waals surface area contributed by atoms with Crippen molar-refractivity contribution in [2.24, 2.45) is 17.8 Å². The summed E-state index contributed by atoms with van der Waals surface area (Å²) in [4.78, 5) is 0. The molecular weight excluding hydrogens is 266 g/mol. The van der Waals surface area contributed by atoms with Crippen molar-refractivity contribution >= 4 is 16.7 Å². The van der Waals surface area contributed by atoms with Gasteiger partial charge >= 0.3 is 0 Å². The van der Waals surface area contributed by atoms with Crippen LogP contribution in [-0.2, 0) is 11.0 Å². The summed E-state index contributed by atoms with van der Waals surface area (Å²) in [6.45, 7) is 2.08. The molecule has 0 amide bonds. The Morgan fingerprint density at radius 3 is 2.15 bits per heavy atom. The van der Waals surface area contributed by atoms with E-state index < -0.39 is 11.0 Å². The van der Waals surface area contributed by atoms with Crippen LogP contribution in [0.15, 0.2) is 24.3 Å². The van der Waals surface area contributed by atoms with Crippen molar-refractivity contribution in [1.29, 1.82) is 0 Å². The van der Waals surface area contributed by atoms with E-state index in [9.17, 15) is 4.21 Å². The molecule has 4 bridgehead atoms. The van der Waals surface area contributed by atoms with Crippen LogP contribution in [0.4, 0.5) is 5.69 Å². The molecule has 4 fully saturated rings. The molecule has 0 aromatic heterocycles. The molecule has 0 spiro atoms. The highest BCUT2D eigenvalue weighted by molar-refractivity contribution is 7.87. The van der Waals surface area contributed by atoms with Crippen molar-refractivity contribution in [2.45, 2.75) is 50.2 Å². The lowest BCUT2D eigenvalue weighted by Gasteiger charge is -2.55. The lowest BCUT2D eigenvalue weighted by molar-refractivity contribution is 0.0363. The molecule has 1 N–H and O–H groups in total. The molecule has 5 rings (SSSR count).